The summed E-state index contributed by atoms with van der Waals surface area (Å²) in [7, 11) is 2.09. The molecule has 0 saturated carbocycles. The summed E-state index contributed by atoms with van der Waals surface area (Å²) in [4.78, 5) is 9.11. The van der Waals surface area contributed by atoms with Crippen LogP contribution in [0.5, 0.6) is 0 Å². The van der Waals surface area contributed by atoms with E-state index in [4.69, 9.17) is 0 Å². The molecule has 0 radical (unpaired) electrons. The Bertz CT molecular complexity index is 3580. The highest BCUT2D eigenvalue weighted by Crippen LogP contribution is 2.42. The maximum atomic E-state index is 2.37. The summed E-state index contributed by atoms with van der Waals surface area (Å²) in [6.45, 7) is 2.17. The molecule has 1 heterocycles. The Kier molecular flexibility index (Phi) is 13.3. The normalized spacial score (nSPS) is 10.9. The van der Waals surface area contributed by atoms with Gasteiger partial charge in [0.05, 0.1) is 11.0 Å². The number of nitrogens with zero attached hydrogens (tertiary/aromatic N) is 5. The van der Waals surface area contributed by atoms with Crippen LogP contribution in [0.3, 0.4) is 0 Å². The Morgan fingerprint density at radius 1 is 0.247 bits per heavy atom. The van der Waals surface area contributed by atoms with E-state index in [-0.39, 0.29) is 0 Å². The molecule has 12 aromatic rings. The zero-order valence-electron chi connectivity index (χ0n) is 41.0. The van der Waals surface area contributed by atoms with Crippen LogP contribution in [0, 0.1) is 6.92 Å². The summed E-state index contributed by atoms with van der Waals surface area (Å²) in [5.74, 6) is 0. The van der Waals surface area contributed by atoms with Crippen LogP contribution in [-0.4, -0.2) is 11.6 Å². The first-order chi connectivity index (χ1) is 36.1. The highest BCUT2D eigenvalue weighted by atomic mass is 15.2. The van der Waals surface area contributed by atoms with Crippen LogP contribution in [-0.2, 0) is 0 Å². The lowest BCUT2D eigenvalue weighted by molar-refractivity contribution is 1.18. The van der Waals surface area contributed by atoms with Gasteiger partial charge in [-0.2, -0.15) is 0 Å². The summed E-state index contributed by atoms with van der Waals surface area (Å²) in [6.07, 6.45) is 0. The van der Waals surface area contributed by atoms with Crippen LogP contribution in [0.4, 0.5) is 62.6 Å². The molecule has 0 amide bonds. The third kappa shape index (κ3) is 9.81. The van der Waals surface area contributed by atoms with Crippen LogP contribution >= 0.6 is 0 Å². The molecule has 73 heavy (non-hydrogen) atoms. The molecule has 0 atom stereocenters. The zero-order chi connectivity index (χ0) is 49.3. The SMILES string of the molecule is CN(c1ccccc1)c1ccc(N(c2ccccc2)c2ccccc2)cc1.Cc1ccc2c(c1)c1cc(N(c3ccccc3)c3ccc(N(c4ccccc4)c4ccccc4)cc3)ccc1n2-c1ccccc1. The number of aromatic nitrogens is 1. The minimum absolute atomic E-state index is 1.10. The van der Waals surface area contributed by atoms with Gasteiger partial charge >= 0.3 is 0 Å². The Hall–Kier alpha value is -9.58. The molecule has 0 aliphatic rings. The first-order valence-corrected chi connectivity index (χ1v) is 24.8. The molecule has 0 bridgehead atoms. The standard InChI is InChI=1S/C43H33N3.C25H22N2/c1-32-22-28-42-40(30-32)41-31-39(27-29-43(41)46(42)36-20-12-5-13-21-36)45(35-18-10-4-11-19-35)38-25-23-37(24-26-38)44(33-14-6-2-7-15-33)34-16-8-3-9-17-34;1-26(21-11-5-2-6-12-21)22-17-19-25(20-18-22)27(23-13-7-3-8-14-23)24-15-9-4-10-16-24/h2-31H,1H3;2-20H,1H3. The number of hydrogen-bond acceptors (Lipinski definition) is 4. The van der Waals surface area contributed by atoms with Gasteiger partial charge in [0.25, 0.3) is 0 Å². The summed E-state index contributed by atoms with van der Waals surface area (Å²) in [6, 6.07) is 105. The van der Waals surface area contributed by atoms with Gasteiger partial charge in [0.1, 0.15) is 0 Å². The molecular weight excluding hydrogens is 887 g/mol. The first-order valence-electron chi connectivity index (χ1n) is 24.8. The van der Waals surface area contributed by atoms with Crippen molar-refractivity contribution in [3.05, 3.63) is 303 Å². The van der Waals surface area contributed by atoms with Crippen LogP contribution in [0.2, 0.25) is 0 Å². The Morgan fingerprint density at radius 2 is 0.507 bits per heavy atom. The number of para-hydroxylation sites is 7. The van der Waals surface area contributed by atoms with Gasteiger partial charge in [-0.15, -0.1) is 0 Å². The molecule has 0 saturated heterocycles. The van der Waals surface area contributed by atoms with Crippen LogP contribution in [0.25, 0.3) is 27.5 Å². The molecule has 0 aliphatic carbocycles. The average molecular weight is 942 g/mol. The lowest BCUT2D eigenvalue weighted by Gasteiger charge is -2.28. The van der Waals surface area contributed by atoms with Crippen molar-refractivity contribution in [2.45, 2.75) is 6.92 Å². The monoisotopic (exact) mass is 941 g/mol. The molecule has 1 aromatic heterocycles. The molecule has 12 rings (SSSR count). The molecule has 11 aromatic carbocycles. The van der Waals surface area contributed by atoms with E-state index in [2.05, 4.69) is 317 Å². The molecular formula is C68H55N5. The Morgan fingerprint density at radius 3 is 0.890 bits per heavy atom. The summed E-state index contributed by atoms with van der Waals surface area (Å²) in [5.41, 5.74) is 17.2. The summed E-state index contributed by atoms with van der Waals surface area (Å²) < 4.78 is 2.37. The van der Waals surface area contributed by atoms with E-state index in [1.807, 2.05) is 18.2 Å². The molecule has 0 unspecified atom stereocenters. The predicted molar refractivity (Wildman–Crippen MR) is 311 cm³/mol. The van der Waals surface area contributed by atoms with Crippen molar-refractivity contribution in [3.8, 4) is 5.69 Å². The third-order valence-electron chi connectivity index (χ3n) is 13.3. The van der Waals surface area contributed by atoms with E-state index in [1.54, 1.807) is 0 Å². The van der Waals surface area contributed by atoms with Crippen LogP contribution in [0.1, 0.15) is 5.56 Å². The number of aryl methyl sites for hydroxylation is 1. The second kappa shape index (κ2) is 21.2. The van der Waals surface area contributed by atoms with E-state index in [0.717, 1.165) is 62.6 Å². The smallest absolute Gasteiger partial charge is 0.0542 e. The maximum Gasteiger partial charge on any atom is 0.0542 e. The minimum Gasteiger partial charge on any atom is -0.345 e. The van der Waals surface area contributed by atoms with Gasteiger partial charge in [-0.05, 0) is 171 Å². The molecule has 5 nitrogen and oxygen atoms in total. The maximum absolute atomic E-state index is 2.37. The Balaban J connectivity index is 0.000000181. The van der Waals surface area contributed by atoms with E-state index in [0.29, 0.717) is 0 Å². The van der Waals surface area contributed by atoms with Crippen molar-refractivity contribution in [1.29, 1.82) is 0 Å². The number of anilines is 11. The molecule has 0 aliphatic heterocycles. The third-order valence-corrected chi connectivity index (χ3v) is 13.3. The van der Waals surface area contributed by atoms with Crippen molar-refractivity contribution in [2.75, 3.05) is 26.6 Å². The number of benzene rings is 11. The molecule has 5 heteroatoms. The number of hydrogen-bond donors (Lipinski definition) is 0. The Labute approximate surface area is 429 Å². The fourth-order valence-corrected chi connectivity index (χ4v) is 9.72. The van der Waals surface area contributed by atoms with Crippen molar-refractivity contribution in [2.24, 2.45) is 0 Å². The summed E-state index contributed by atoms with van der Waals surface area (Å²) in [5, 5.41) is 2.49. The lowest BCUT2D eigenvalue weighted by Crippen LogP contribution is -2.12. The molecule has 0 N–H and O–H groups in total. The van der Waals surface area contributed by atoms with Gasteiger partial charge in [-0.3, -0.25) is 0 Å². The topological polar surface area (TPSA) is 17.9 Å². The van der Waals surface area contributed by atoms with Gasteiger partial charge in [0.15, 0.2) is 0 Å². The number of rotatable bonds is 12. The van der Waals surface area contributed by atoms with Gasteiger partial charge in [0, 0.05) is 86.1 Å². The van der Waals surface area contributed by atoms with Crippen molar-refractivity contribution in [3.63, 3.8) is 0 Å². The highest BCUT2D eigenvalue weighted by molar-refractivity contribution is 6.11. The molecule has 352 valence electrons. The second-order valence-corrected chi connectivity index (χ2v) is 18.0. The largest absolute Gasteiger partial charge is 0.345 e. The van der Waals surface area contributed by atoms with E-state index in [1.165, 1.54) is 33.1 Å². The van der Waals surface area contributed by atoms with Crippen molar-refractivity contribution >= 4 is 84.4 Å². The van der Waals surface area contributed by atoms with Crippen molar-refractivity contribution in [1.82, 2.24) is 4.57 Å². The van der Waals surface area contributed by atoms with Gasteiger partial charge in [-0.25, -0.2) is 0 Å². The highest BCUT2D eigenvalue weighted by Gasteiger charge is 2.19. The van der Waals surface area contributed by atoms with E-state index in [9.17, 15) is 0 Å². The van der Waals surface area contributed by atoms with E-state index >= 15 is 0 Å². The van der Waals surface area contributed by atoms with E-state index < -0.39 is 0 Å². The van der Waals surface area contributed by atoms with Crippen LogP contribution < -0.4 is 19.6 Å². The average Bonchev–Trinajstić information content (AvgIpc) is 3.78. The quantitative estimate of drug-likeness (QED) is 0.121. The minimum atomic E-state index is 1.10. The van der Waals surface area contributed by atoms with Gasteiger partial charge in [-0.1, -0.05) is 139 Å². The van der Waals surface area contributed by atoms with Gasteiger partial charge in [0.2, 0.25) is 0 Å². The molecule has 0 spiro atoms. The predicted octanol–water partition coefficient (Wildman–Crippen LogP) is 19.0. The van der Waals surface area contributed by atoms with Crippen molar-refractivity contribution < 1.29 is 0 Å². The zero-order valence-corrected chi connectivity index (χ0v) is 41.0. The van der Waals surface area contributed by atoms with Gasteiger partial charge < -0.3 is 24.2 Å². The fraction of sp³-hybridized carbons (Fsp3) is 0.0294. The second-order valence-electron chi connectivity index (χ2n) is 18.0. The molecule has 0 fully saturated rings. The summed E-state index contributed by atoms with van der Waals surface area (Å²) >= 11 is 0. The fourth-order valence-electron chi connectivity index (χ4n) is 9.72. The number of fused-ring (bicyclic) bond motifs is 3. The first kappa shape index (κ1) is 45.8. The van der Waals surface area contributed by atoms with Crippen LogP contribution in [0.15, 0.2) is 297 Å². The lowest BCUT2D eigenvalue weighted by atomic mass is 10.1.